The molecule has 0 spiro atoms. The number of nitrogens with zero attached hydrogens (tertiary/aromatic N) is 4. The van der Waals surface area contributed by atoms with Crippen LogP contribution in [0, 0.1) is 0 Å². The van der Waals surface area contributed by atoms with Crippen molar-refractivity contribution in [3.05, 3.63) is 18.2 Å². The van der Waals surface area contributed by atoms with E-state index in [1.165, 1.54) is 17.4 Å². The number of nitrogens with two attached hydrogens (primary N) is 1. The molecule has 1 atom stereocenters. The molecule has 1 amide bonds. The number of aryl methyl sites for hydroxylation is 1. The maximum atomic E-state index is 12.0. The fourth-order valence-corrected chi connectivity index (χ4v) is 1.20. The van der Waals surface area contributed by atoms with Crippen molar-refractivity contribution in [2.75, 3.05) is 7.05 Å². The van der Waals surface area contributed by atoms with Crippen LogP contribution in [0.25, 0.3) is 0 Å². The van der Waals surface area contributed by atoms with Crippen LogP contribution in [-0.4, -0.2) is 44.5 Å². The van der Waals surface area contributed by atoms with Crippen molar-refractivity contribution in [2.45, 2.75) is 13.0 Å². The fourth-order valence-electron chi connectivity index (χ4n) is 1.20. The van der Waals surface area contributed by atoms with Gasteiger partial charge in [-0.15, -0.1) is 0 Å². The summed E-state index contributed by atoms with van der Waals surface area (Å²) in [6.07, 6.45) is 3.01. The number of amidine groups is 1. The lowest BCUT2D eigenvalue weighted by molar-refractivity contribution is 0.0767. The normalized spacial score (nSPS) is 13.6. The average Bonchev–Trinajstić information content (AvgIpc) is 2.71. The molecule has 1 unspecified atom stereocenters. The molecular formula is C9H15N5O2. The predicted molar refractivity (Wildman–Crippen MR) is 58.2 cm³/mol. The molecule has 0 fully saturated rings. The lowest BCUT2D eigenvalue weighted by atomic mass is 10.2. The van der Waals surface area contributed by atoms with Gasteiger partial charge < -0.3 is 20.4 Å². The van der Waals surface area contributed by atoms with Crippen molar-refractivity contribution in [3.8, 4) is 0 Å². The highest BCUT2D eigenvalue weighted by Gasteiger charge is 2.22. The van der Waals surface area contributed by atoms with Gasteiger partial charge >= 0.3 is 0 Å². The van der Waals surface area contributed by atoms with Gasteiger partial charge in [0.2, 0.25) is 0 Å². The SMILES string of the molecule is CC(C(N)=NO)N(C)C(=O)c1cncn1C. The van der Waals surface area contributed by atoms with Gasteiger partial charge in [-0.3, -0.25) is 4.79 Å². The number of carbonyl (C=O) groups excluding carboxylic acids is 1. The second-order valence-corrected chi connectivity index (χ2v) is 3.51. The molecule has 1 rings (SSSR count). The van der Waals surface area contributed by atoms with Gasteiger partial charge in [0, 0.05) is 14.1 Å². The molecule has 7 nitrogen and oxygen atoms in total. The third-order valence-corrected chi connectivity index (χ3v) is 2.48. The van der Waals surface area contributed by atoms with Crippen LogP contribution in [-0.2, 0) is 7.05 Å². The maximum absolute atomic E-state index is 12.0. The van der Waals surface area contributed by atoms with E-state index in [0.29, 0.717) is 5.69 Å². The van der Waals surface area contributed by atoms with E-state index in [0.717, 1.165) is 0 Å². The van der Waals surface area contributed by atoms with Crippen LogP contribution in [0.4, 0.5) is 0 Å². The Labute approximate surface area is 93.2 Å². The molecule has 0 saturated carbocycles. The van der Waals surface area contributed by atoms with E-state index in [9.17, 15) is 4.79 Å². The Kier molecular flexibility index (Phi) is 3.49. The summed E-state index contributed by atoms with van der Waals surface area (Å²) in [7, 11) is 3.31. The Morgan fingerprint density at radius 2 is 2.38 bits per heavy atom. The van der Waals surface area contributed by atoms with Crippen LogP contribution >= 0.6 is 0 Å². The molecule has 3 N–H and O–H groups in total. The van der Waals surface area contributed by atoms with Crippen molar-refractivity contribution in [3.63, 3.8) is 0 Å². The van der Waals surface area contributed by atoms with Crippen molar-refractivity contribution in [2.24, 2.45) is 17.9 Å². The van der Waals surface area contributed by atoms with Crippen LogP contribution in [0.5, 0.6) is 0 Å². The quantitative estimate of drug-likeness (QED) is 0.317. The Balaban J connectivity index is 2.87. The Morgan fingerprint density at radius 1 is 1.75 bits per heavy atom. The zero-order valence-corrected chi connectivity index (χ0v) is 9.45. The molecule has 0 aliphatic heterocycles. The highest BCUT2D eigenvalue weighted by Crippen LogP contribution is 2.05. The number of imidazole rings is 1. The highest BCUT2D eigenvalue weighted by atomic mass is 16.4. The minimum atomic E-state index is -0.479. The first-order chi connectivity index (χ1) is 7.49. The van der Waals surface area contributed by atoms with Gasteiger partial charge in [-0.25, -0.2) is 4.98 Å². The van der Waals surface area contributed by atoms with Crippen LogP contribution in [0.15, 0.2) is 17.7 Å². The molecule has 0 aliphatic rings. The number of hydrogen-bond donors (Lipinski definition) is 2. The predicted octanol–water partition coefficient (Wildman–Crippen LogP) is -0.373. The van der Waals surface area contributed by atoms with Crippen LogP contribution in [0.3, 0.4) is 0 Å². The molecule has 16 heavy (non-hydrogen) atoms. The van der Waals surface area contributed by atoms with Crippen LogP contribution < -0.4 is 5.73 Å². The van der Waals surface area contributed by atoms with Gasteiger partial charge in [0.25, 0.3) is 5.91 Å². The largest absolute Gasteiger partial charge is 0.409 e. The zero-order valence-electron chi connectivity index (χ0n) is 9.45. The number of amides is 1. The first-order valence-electron chi connectivity index (χ1n) is 4.70. The Hall–Kier alpha value is -2.05. The summed E-state index contributed by atoms with van der Waals surface area (Å²) in [6, 6.07) is -0.479. The van der Waals surface area contributed by atoms with E-state index in [2.05, 4.69) is 10.1 Å². The number of oxime groups is 1. The summed E-state index contributed by atoms with van der Waals surface area (Å²) in [5.74, 6) is -0.253. The molecule has 0 bridgehead atoms. The maximum Gasteiger partial charge on any atom is 0.272 e. The summed E-state index contributed by atoms with van der Waals surface area (Å²) < 4.78 is 1.61. The van der Waals surface area contributed by atoms with Gasteiger partial charge in [-0.05, 0) is 6.92 Å². The van der Waals surface area contributed by atoms with Crippen molar-refractivity contribution < 1.29 is 10.0 Å². The average molecular weight is 225 g/mol. The summed E-state index contributed by atoms with van der Waals surface area (Å²) in [5, 5.41) is 11.4. The Morgan fingerprint density at radius 3 is 2.81 bits per heavy atom. The molecule has 0 aromatic carbocycles. The smallest absolute Gasteiger partial charge is 0.272 e. The molecule has 0 radical (unpaired) electrons. The molecule has 1 heterocycles. The number of rotatable bonds is 3. The summed E-state index contributed by atoms with van der Waals surface area (Å²) in [6.45, 7) is 1.67. The summed E-state index contributed by atoms with van der Waals surface area (Å²) >= 11 is 0. The second-order valence-electron chi connectivity index (χ2n) is 3.51. The molecule has 0 saturated heterocycles. The van der Waals surface area contributed by atoms with E-state index < -0.39 is 6.04 Å². The zero-order chi connectivity index (χ0) is 12.3. The summed E-state index contributed by atoms with van der Waals surface area (Å²) in [4.78, 5) is 17.2. The molecule has 0 aliphatic carbocycles. The van der Waals surface area contributed by atoms with Gasteiger partial charge in [-0.1, -0.05) is 5.16 Å². The lowest BCUT2D eigenvalue weighted by Crippen LogP contribution is -2.44. The van der Waals surface area contributed by atoms with Gasteiger partial charge in [0.05, 0.1) is 18.6 Å². The topological polar surface area (TPSA) is 96.7 Å². The first-order valence-corrected chi connectivity index (χ1v) is 4.70. The van der Waals surface area contributed by atoms with Crippen LogP contribution in [0.1, 0.15) is 17.4 Å². The lowest BCUT2D eigenvalue weighted by Gasteiger charge is -2.23. The van der Waals surface area contributed by atoms with Gasteiger partial charge in [0.1, 0.15) is 5.69 Å². The van der Waals surface area contributed by atoms with Crippen LogP contribution in [0.2, 0.25) is 0 Å². The molecule has 1 aromatic rings. The third kappa shape index (κ3) is 2.13. The molecule has 7 heteroatoms. The standard InChI is InChI=1S/C9H15N5O2/c1-6(8(10)12-16)14(3)9(15)7-4-11-5-13(7)2/h4-6,16H,1-3H3,(H2,10,12). The molecule has 1 aromatic heterocycles. The monoisotopic (exact) mass is 225 g/mol. The van der Waals surface area contributed by atoms with Gasteiger partial charge in [-0.2, -0.15) is 0 Å². The van der Waals surface area contributed by atoms with E-state index in [-0.39, 0.29) is 11.7 Å². The number of hydrogen-bond acceptors (Lipinski definition) is 4. The molecule has 88 valence electrons. The molecular weight excluding hydrogens is 210 g/mol. The third-order valence-electron chi connectivity index (χ3n) is 2.48. The Bertz CT molecular complexity index is 412. The highest BCUT2D eigenvalue weighted by molar-refractivity contribution is 5.96. The van der Waals surface area contributed by atoms with E-state index in [1.807, 2.05) is 0 Å². The van der Waals surface area contributed by atoms with E-state index in [1.54, 1.807) is 25.6 Å². The van der Waals surface area contributed by atoms with Crippen molar-refractivity contribution in [1.82, 2.24) is 14.5 Å². The van der Waals surface area contributed by atoms with Crippen molar-refractivity contribution in [1.29, 1.82) is 0 Å². The number of carbonyl (C=O) groups is 1. The summed E-state index contributed by atoms with van der Waals surface area (Å²) in [5.41, 5.74) is 5.87. The number of aromatic nitrogens is 2. The van der Waals surface area contributed by atoms with E-state index in [4.69, 9.17) is 10.9 Å². The first kappa shape index (κ1) is 12.0. The second kappa shape index (κ2) is 4.65. The van der Waals surface area contributed by atoms with Crippen molar-refractivity contribution >= 4 is 11.7 Å². The van der Waals surface area contributed by atoms with Gasteiger partial charge in [0.15, 0.2) is 5.84 Å². The minimum Gasteiger partial charge on any atom is -0.409 e. The van der Waals surface area contributed by atoms with E-state index >= 15 is 0 Å². The fraction of sp³-hybridized carbons (Fsp3) is 0.444. The number of likely N-dealkylation sites (N-methyl/N-ethyl adjacent to an activating group) is 1. The minimum absolute atomic E-state index is 0.0157.